The van der Waals surface area contributed by atoms with Crippen molar-refractivity contribution in [2.75, 3.05) is 6.61 Å². The van der Waals surface area contributed by atoms with Gasteiger partial charge in [0.25, 0.3) is 0 Å². The van der Waals surface area contributed by atoms with E-state index >= 15 is 0 Å². The topological polar surface area (TPSA) is 43.4 Å². The molecular weight excluding hydrogens is 168 g/mol. The molecule has 11 heavy (non-hydrogen) atoms. The molecule has 3 nitrogen and oxygen atoms in total. The van der Waals surface area contributed by atoms with Crippen molar-refractivity contribution in [2.24, 2.45) is 5.92 Å². The first-order valence-electron chi connectivity index (χ1n) is 3.36. The van der Waals surface area contributed by atoms with Crippen LogP contribution in [0.4, 0.5) is 0 Å². The Hall–Kier alpha value is -0.570. The van der Waals surface area contributed by atoms with Gasteiger partial charge in [0.2, 0.25) is 5.24 Å². The summed E-state index contributed by atoms with van der Waals surface area (Å²) in [5.41, 5.74) is 0. The van der Waals surface area contributed by atoms with Gasteiger partial charge in [0, 0.05) is 12.8 Å². The molecule has 0 spiro atoms. The molecule has 0 aromatic rings. The Morgan fingerprint density at radius 1 is 1.55 bits per heavy atom. The van der Waals surface area contributed by atoms with Crippen LogP contribution >= 0.6 is 11.6 Å². The van der Waals surface area contributed by atoms with E-state index in [1.807, 2.05) is 0 Å². The quantitative estimate of drug-likeness (QED) is 0.482. The summed E-state index contributed by atoms with van der Waals surface area (Å²) in [7, 11) is 0. The smallest absolute Gasteiger partial charge is 0.302 e. The summed E-state index contributed by atoms with van der Waals surface area (Å²) in [6.07, 6.45) is 0.488. The van der Waals surface area contributed by atoms with Crippen molar-refractivity contribution in [1.29, 1.82) is 0 Å². The SMILES string of the molecule is CC(=O)OCCC(C)C(=O)Cl. The van der Waals surface area contributed by atoms with Crippen LogP contribution in [-0.2, 0) is 14.3 Å². The lowest BCUT2D eigenvalue weighted by Gasteiger charge is -2.04. The first-order valence-corrected chi connectivity index (χ1v) is 3.74. The maximum absolute atomic E-state index is 10.4. The van der Waals surface area contributed by atoms with Gasteiger partial charge in [-0.2, -0.15) is 0 Å². The van der Waals surface area contributed by atoms with Gasteiger partial charge in [0.05, 0.1) is 6.61 Å². The van der Waals surface area contributed by atoms with Gasteiger partial charge in [-0.3, -0.25) is 9.59 Å². The zero-order valence-corrected chi connectivity index (χ0v) is 7.35. The Morgan fingerprint density at radius 3 is 2.45 bits per heavy atom. The van der Waals surface area contributed by atoms with Gasteiger partial charge >= 0.3 is 5.97 Å². The zero-order chi connectivity index (χ0) is 8.85. The molecule has 0 aromatic carbocycles. The molecule has 4 heteroatoms. The molecule has 0 N–H and O–H groups in total. The minimum Gasteiger partial charge on any atom is -0.466 e. The highest BCUT2D eigenvalue weighted by molar-refractivity contribution is 6.63. The number of hydrogen-bond donors (Lipinski definition) is 0. The van der Waals surface area contributed by atoms with Crippen LogP contribution in [0.5, 0.6) is 0 Å². The van der Waals surface area contributed by atoms with Crippen molar-refractivity contribution >= 4 is 22.8 Å². The number of carbonyl (C=O) groups is 2. The van der Waals surface area contributed by atoms with Crippen LogP contribution in [0.2, 0.25) is 0 Å². The molecule has 0 radical (unpaired) electrons. The normalized spacial score (nSPS) is 12.3. The van der Waals surface area contributed by atoms with Gasteiger partial charge in [0.15, 0.2) is 0 Å². The van der Waals surface area contributed by atoms with Crippen LogP contribution in [0, 0.1) is 5.92 Å². The second-order valence-electron chi connectivity index (χ2n) is 2.33. The third kappa shape index (κ3) is 5.85. The summed E-state index contributed by atoms with van der Waals surface area (Å²) < 4.78 is 4.61. The molecule has 0 saturated heterocycles. The molecular formula is C7H11ClO3. The van der Waals surface area contributed by atoms with Crippen LogP contribution in [-0.4, -0.2) is 17.8 Å². The molecule has 0 aromatic heterocycles. The lowest BCUT2D eigenvalue weighted by Crippen LogP contribution is -2.09. The van der Waals surface area contributed by atoms with Gasteiger partial charge in [-0.15, -0.1) is 0 Å². The number of hydrogen-bond acceptors (Lipinski definition) is 3. The predicted octanol–water partition coefficient (Wildman–Crippen LogP) is 1.34. The van der Waals surface area contributed by atoms with E-state index in [0.717, 1.165) is 0 Å². The Labute approximate surface area is 70.7 Å². The van der Waals surface area contributed by atoms with E-state index in [1.54, 1.807) is 6.92 Å². The van der Waals surface area contributed by atoms with Gasteiger partial charge in [-0.05, 0) is 18.0 Å². The molecule has 0 saturated carbocycles. The predicted molar refractivity (Wildman–Crippen MR) is 41.3 cm³/mol. The lowest BCUT2D eigenvalue weighted by molar-refractivity contribution is -0.141. The standard InChI is InChI=1S/C7H11ClO3/c1-5(7(8)10)3-4-11-6(2)9/h5H,3-4H2,1-2H3. The number of carbonyl (C=O) groups excluding carboxylic acids is 2. The number of ether oxygens (including phenoxy) is 1. The van der Waals surface area contributed by atoms with Gasteiger partial charge in [-0.25, -0.2) is 0 Å². The first kappa shape index (κ1) is 10.4. The molecule has 0 aliphatic carbocycles. The van der Waals surface area contributed by atoms with E-state index in [-0.39, 0.29) is 18.5 Å². The minimum atomic E-state index is -0.392. The summed E-state index contributed by atoms with van der Waals surface area (Å²) in [4.78, 5) is 20.7. The molecule has 0 heterocycles. The highest BCUT2D eigenvalue weighted by atomic mass is 35.5. The Bertz CT molecular complexity index is 156. The van der Waals surface area contributed by atoms with Crippen molar-refractivity contribution < 1.29 is 14.3 Å². The average molecular weight is 179 g/mol. The molecule has 0 amide bonds. The summed E-state index contributed by atoms with van der Waals surface area (Å²) in [6.45, 7) is 3.28. The monoisotopic (exact) mass is 178 g/mol. The van der Waals surface area contributed by atoms with Crippen LogP contribution in [0.25, 0.3) is 0 Å². The number of halogens is 1. The Morgan fingerprint density at radius 2 is 2.09 bits per heavy atom. The third-order valence-electron chi connectivity index (χ3n) is 1.24. The molecule has 0 aliphatic heterocycles. The van der Waals surface area contributed by atoms with E-state index in [0.29, 0.717) is 6.42 Å². The van der Waals surface area contributed by atoms with E-state index in [9.17, 15) is 9.59 Å². The molecule has 0 bridgehead atoms. The summed E-state index contributed by atoms with van der Waals surface area (Å²) in [6, 6.07) is 0. The van der Waals surface area contributed by atoms with Crippen molar-refractivity contribution in [1.82, 2.24) is 0 Å². The zero-order valence-electron chi connectivity index (χ0n) is 6.59. The first-order chi connectivity index (χ1) is 5.04. The van der Waals surface area contributed by atoms with Crippen molar-refractivity contribution in [3.05, 3.63) is 0 Å². The van der Waals surface area contributed by atoms with Gasteiger partial charge in [-0.1, -0.05) is 6.92 Å². The van der Waals surface area contributed by atoms with Crippen molar-refractivity contribution in [2.45, 2.75) is 20.3 Å². The molecule has 0 aliphatic rings. The Kier molecular flexibility index (Phi) is 4.86. The van der Waals surface area contributed by atoms with E-state index in [4.69, 9.17) is 11.6 Å². The second-order valence-corrected chi connectivity index (χ2v) is 2.71. The summed E-state index contributed by atoms with van der Waals surface area (Å²) in [5, 5.41) is -0.392. The fraction of sp³-hybridized carbons (Fsp3) is 0.714. The fourth-order valence-electron chi connectivity index (χ4n) is 0.493. The largest absolute Gasteiger partial charge is 0.466 e. The van der Waals surface area contributed by atoms with E-state index in [1.165, 1.54) is 6.92 Å². The summed E-state index contributed by atoms with van der Waals surface area (Å²) in [5.74, 6) is -0.574. The number of rotatable bonds is 4. The average Bonchev–Trinajstić information content (AvgIpc) is 1.86. The van der Waals surface area contributed by atoms with Crippen molar-refractivity contribution in [3.63, 3.8) is 0 Å². The van der Waals surface area contributed by atoms with Gasteiger partial charge < -0.3 is 4.74 Å². The van der Waals surface area contributed by atoms with Crippen LogP contribution in [0.3, 0.4) is 0 Å². The van der Waals surface area contributed by atoms with E-state index < -0.39 is 5.24 Å². The van der Waals surface area contributed by atoms with Crippen LogP contribution in [0.15, 0.2) is 0 Å². The minimum absolute atomic E-state index is 0.240. The second kappa shape index (κ2) is 5.13. The summed E-state index contributed by atoms with van der Waals surface area (Å²) >= 11 is 5.16. The molecule has 0 fully saturated rings. The highest BCUT2D eigenvalue weighted by Crippen LogP contribution is 2.05. The Balaban J connectivity index is 3.39. The maximum atomic E-state index is 10.4. The maximum Gasteiger partial charge on any atom is 0.302 e. The number of esters is 1. The van der Waals surface area contributed by atoms with Gasteiger partial charge in [0.1, 0.15) is 0 Å². The molecule has 1 unspecified atom stereocenters. The molecule has 1 atom stereocenters. The lowest BCUT2D eigenvalue weighted by atomic mass is 10.1. The van der Waals surface area contributed by atoms with Crippen LogP contribution in [0.1, 0.15) is 20.3 Å². The fourth-order valence-corrected chi connectivity index (χ4v) is 0.602. The van der Waals surface area contributed by atoms with E-state index in [2.05, 4.69) is 4.74 Å². The highest BCUT2D eigenvalue weighted by Gasteiger charge is 2.09. The third-order valence-corrected chi connectivity index (χ3v) is 1.62. The van der Waals surface area contributed by atoms with Crippen molar-refractivity contribution in [3.8, 4) is 0 Å². The van der Waals surface area contributed by atoms with Crippen LogP contribution < -0.4 is 0 Å². The molecule has 64 valence electrons. The molecule has 0 rings (SSSR count).